The molecule has 5 heteroatoms. The van der Waals surface area contributed by atoms with Crippen molar-refractivity contribution in [2.24, 2.45) is 5.73 Å². The minimum absolute atomic E-state index is 0.0645. The van der Waals surface area contributed by atoms with Crippen molar-refractivity contribution in [1.29, 1.82) is 5.41 Å². The molecule has 3 N–H and O–H groups in total. The minimum Gasteiger partial charge on any atom is -0.383 e. The second-order valence-electron chi connectivity index (χ2n) is 5.73. The van der Waals surface area contributed by atoms with Crippen molar-refractivity contribution < 1.29 is 0 Å². The third kappa shape index (κ3) is 4.28. The number of likely N-dealkylation sites (N-methyl/N-ethyl adjacent to an activating group) is 1. The van der Waals surface area contributed by atoms with Gasteiger partial charge >= 0.3 is 0 Å². The zero-order valence-electron chi connectivity index (χ0n) is 12.7. The number of rotatable bonds is 6. The highest BCUT2D eigenvalue weighted by Gasteiger charge is 2.24. The molecule has 0 aromatic carbocycles. The lowest BCUT2D eigenvalue weighted by Gasteiger charge is -2.17. The highest BCUT2D eigenvalue weighted by Crippen LogP contribution is 2.29. The van der Waals surface area contributed by atoms with Crippen LogP contribution in [0.2, 0.25) is 0 Å². The average Bonchev–Trinajstić information content (AvgIpc) is 2.74. The van der Waals surface area contributed by atoms with Gasteiger partial charge < -0.3 is 10.6 Å². The van der Waals surface area contributed by atoms with Gasteiger partial charge in [-0.05, 0) is 13.1 Å². The summed E-state index contributed by atoms with van der Waals surface area (Å²) in [7, 11) is 0. The summed E-state index contributed by atoms with van der Waals surface area (Å²) in [5.41, 5.74) is 6.57. The van der Waals surface area contributed by atoms with Crippen molar-refractivity contribution in [3.63, 3.8) is 0 Å². The van der Waals surface area contributed by atoms with Gasteiger partial charge in [-0.15, -0.1) is 11.3 Å². The van der Waals surface area contributed by atoms with Gasteiger partial charge in [0.1, 0.15) is 5.84 Å². The lowest BCUT2D eigenvalue weighted by atomic mass is 9.91. The van der Waals surface area contributed by atoms with Crippen LogP contribution in [0.4, 0.5) is 0 Å². The SMILES string of the molecule is CCN(CC)CCc1nc(C(C)(C)C)c(C(=N)N)s1. The maximum atomic E-state index is 7.70. The molecule has 0 atom stereocenters. The Kier molecular flexibility index (Phi) is 5.50. The Labute approximate surface area is 120 Å². The van der Waals surface area contributed by atoms with Gasteiger partial charge in [0.2, 0.25) is 0 Å². The van der Waals surface area contributed by atoms with Crippen LogP contribution in [0.25, 0.3) is 0 Å². The number of nitrogens with one attached hydrogen (secondary N) is 1. The smallest absolute Gasteiger partial charge is 0.135 e. The number of nitrogens with zero attached hydrogens (tertiary/aromatic N) is 2. The Morgan fingerprint density at radius 3 is 2.26 bits per heavy atom. The average molecular weight is 282 g/mol. The Morgan fingerprint density at radius 1 is 1.32 bits per heavy atom. The molecule has 1 heterocycles. The maximum Gasteiger partial charge on any atom is 0.135 e. The lowest BCUT2D eigenvalue weighted by Crippen LogP contribution is -2.25. The second-order valence-corrected chi connectivity index (χ2v) is 6.81. The second kappa shape index (κ2) is 6.48. The van der Waals surface area contributed by atoms with Gasteiger partial charge in [-0.3, -0.25) is 5.41 Å². The summed E-state index contributed by atoms with van der Waals surface area (Å²) in [6.07, 6.45) is 0.933. The molecular weight excluding hydrogens is 256 g/mol. The Bertz CT molecular complexity index is 427. The van der Waals surface area contributed by atoms with Crippen LogP contribution in [0.15, 0.2) is 0 Å². The molecule has 0 aliphatic rings. The first-order valence-corrected chi connectivity index (χ1v) is 7.68. The highest BCUT2D eigenvalue weighted by atomic mass is 32.1. The molecular formula is C14H26N4S. The molecule has 19 heavy (non-hydrogen) atoms. The molecule has 1 aromatic rings. The minimum atomic E-state index is -0.0645. The summed E-state index contributed by atoms with van der Waals surface area (Å²) in [4.78, 5) is 7.93. The summed E-state index contributed by atoms with van der Waals surface area (Å²) < 4.78 is 0. The number of hydrogen-bond donors (Lipinski definition) is 2. The van der Waals surface area contributed by atoms with E-state index in [1.165, 1.54) is 0 Å². The maximum absolute atomic E-state index is 7.70. The molecule has 0 aliphatic carbocycles. The van der Waals surface area contributed by atoms with Gasteiger partial charge in [0.15, 0.2) is 0 Å². The van der Waals surface area contributed by atoms with Crippen molar-refractivity contribution in [2.45, 2.75) is 46.5 Å². The van der Waals surface area contributed by atoms with Crippen LogP contribution in [0.5, 0.6) is 0 Å². The predicted octanol–water partition coefficient (Wildman–Crippen LogP) is 2.61. The van der Waals surface area contributed by atoms with Crippen molar-refractivity contribution >= 4 is 17.2 Å². The molecule has 0 saturated heterocycles. The van der Waals surface area contributed by atoms with Crippen LogP contribution in [-0.4, -0.2) is 35.4 Å². The summed E-state index contributed by atoms with van der Waals surface area (Å²) in [6.45, 7) is 13.8. The van der Waals surface area contributed by atoms with E-state index in [4.69, 9.17) is 16.1 Å². The quantitative estimate of drug-likeness (QED) is 0.622. The van der Waals surface area contributed by atoms with E-state index in [0.29, 0.717) is 0 Å². The van der Waals surface area contributed by atoms with Gasteiger partial charge in [0.25, 0.3) is 0 Å². The van der Waals surface area contributed by atoms with E-state index in [1.807, 2.05) is 0 Å². The van der Waals surface area contributed by atoms with Gasteiger partial charge in [-0.1, -0.05) is 34.6 Å². The number of nitrogen functional groups attached to an aromatic ring is 1. The lowest BCUT2D eigenvalue weighted by molar-refractivity contribution is 0.307. The number of thiazole rings is 1. The predicted molar refractivity (Wildman–Crippen MR) is 83.3 cm³/mol. The van der Waals surface area contributed by atoms with Gasteiger partial charge in [0, 0.05) is 18.4 Å². The van der Waals surface area contributed by atoms with Crippen molar-refractivity contribution in [1.82, 2.24) is 9.88 Å². The Balaban J connectivity index is 2.90. The third-order valence-corrected chi connectivity index (χ3v) is 4.31. The molecule has 0 amide bonds. The fourth-order valence-corrected chi connectivity index (χ4v) is 3.08. The van der Waals surface area contributed by atoms with E-state index in [2.05, 4.69) is 39.5 Å². The van der Waals surface area contributed by atoms with Crippen LogP contribution in [-0.2, 0) is 11.8 Å². The van der Waals surface area contributed by atoms with Crippen LogP contribution in [0, 0.1) is 5.41 Å². The van der Waals surface area contributed by atoms with Crippen LogP contribution in [0.1, 0.15) is 50.2 Å². The molecule has 0 aliphatic heterocycles. The highest BCUT2D eigenvalue weighted by molar-refractivity contribution is 7.13. The molecule has 0 fully saturated rings. The molecule has 1 aromatic heterocycles. The first-order valence-electron chi connectivity index (χ1n) is 6.86. The fourth-order valence-electron chi connectivity index (χ4n) is 1.96. The Morgan fingerprint density at radius 2 is 1.89 bits per heavy atom. The molecule has 0 spiro atoms. The van der Waals surface area contributed by atoms with Crippen LogP contribution >= 0.6 is 11.3 Å². The standard InChI is InChI=1S/C14H26N4S/c1-6-18(7-2)9-8-10-17-12(14(3,4)5)11(19-10)13(15)16/h6-9H2,1-5H3,(H3,15,16). The first kappa shape index (κ1) is 16.1. The monoisotopic (exact) mass is 282 g/mol. The van der Waals surface area contributed by atoms with Crippen molar-refractivity contribution in [3.8, 4) is 0 Å². The first-order chi connectivity index (χ1) is 8.79. The van der Waals surface area contributed by atoms with Gasteiger partial charge in [-0.25, -0.2) is 4.98 Å². The summed E-state index contributed by atoms with van der Waals surface area (Å²) in [5.74, 6) is 0.136. The third-order valence-electron chi connectivity index (χ3n) is 3.16. The van der Waals surface area contributed by atoms with E-state index in [-0.39, 0.29) is 11.3 Å². The molecule has 4 nitrogen and oxygen atoms in total. The molecule has 0 saturated carbocycles. The molecule has 0 radical (unpaired) electrons. The molecule has 108 valence electrons. The van der Waals surface area contributed by atoms with E-state index in [9.17, 15) is 0 Å². The van der Waals surface area contributed by atoms with Crippen LogP contribution < -0.4 is 5.73 Å². The zero-order chi connectivity index (χ0) is 14.6. The van der Waals surface area contributed by atoms with Gasteiger partial charge in [0.05, 0.1) is 15.6 Å². The molecule has 0 unspecified atom stereocenters. The van der Waals surface area contributed by atoms with Crippen molar-refractivity contribution in [3.05, 3.63) is 15.6 Å². The van der Waals surface area contributed by atoms with Crippen molar-refractivity contribution in [2.75, 3.05) is 19.6 Å². The summed E-state index contributed by atoms with van der Waals surface area (Å²) in [6, 6.07) is 0. The Hall–Kier alpha value is -0.940. The number of aromatic nitrogens is 1. The zero-order valence-corrected chi connectivity index (χ0v) is 13.5. The number of hydrogen-bond acceptors (Lipinski definition) is 4. The largest absolute Gasteiger partial charge is 0.383 e. The summed E-state index contributed by atoms with van der Waals surface area (Å²) >= 11 is 1.57. The van der Waals surface area contributed by atoms with E-state index < -0.39 is 0 Å². The molecule has 0 bridgehead atoms. The van der Waals surface area contributed by atoms with E-state index >= 15 is 0 Å². The van der Waals surface area contributed by atoms with E-state index in [0.717, 1.165) is 41.6 Å². The van der Waals surface area contributed by atoms with Crippen LogP contribution in [0.3, 0.4) is 0 Å². The molecule has 1 rings (SSSR count). The topological polar surface area (TPSA) is 66.0 Å². The fraction of sp³-hybridized carbons (Fsp3) is 0.714. The van der Waals surface area contributed by atoms with E-state index in [1.54, 1.807) is 11.3 Å². The number of amidine groups is 1. The number of nitrogens with two attached hydrogens (primary N) is 1. The van der Waals surface area contributed by atoms with Gasteiger partial charge in [-0.2, -0.15) is 0 Å². The normalized spacial score (nSPS) is 12.1. The summed E-state index contributed by atoms with van der Waals surface area (Å²) in [5, 5.41) is 8.78.